The minimum absolute atomic E-state index is 0.00680. The van der Waals surface area contributed by atoms with Crippen molar-refractivity contribution in [3.63, 3.8) is 0 Å². The summed E-state index contributed by atoms with van der Waals surface area (Å²) in [6, 6.07) is 4.16. The van der Waals surface area contributed by atoms with Crippen LogP contribution in [0, 0.1) is 0 Å². The summed E-state index contributed by atoms with van der Waals surface area (Å²) in [5.74, 6) is 0.378. The number of anilines is 1. The number of hydrogen-bond acceptors (Lipinski definition) is 6. The molecular weight excluding hydrogens is 306 g/mol. The van der Waals surface area contributed by atoms with Gasteiger partial charge in [0.2, 0.25) is 5.91 Å². The van der Waals surface area contributed by atoms with E-state index in [1.54, 1.807) is 18.3 Å². The molecule has 3 heterocycles. The lowest BCUT2D eigenvalue weighted by molar-refractivity contribution is -0.119. The summed E-state index contributed by atoms with van der Waals surface area (Å²) in [4.78, 5) is 17.2. The van der Waals surface area contributed by atoms with E-state index in [-0.39, 0.29) is 11.9 Å². The number of halogens is 1. The standard InChI is InChI=1S/C14H16ClN5O2/c1-9(21)17-11-4-6-20(7-5-11)14-19-18-13(22-14)12-3-2-10(15)8-16-12/h2-3,8,11H,4-7H2,1H3,(H,17,21). The van der Waals surface area contributed by atoms with Crippen molar-refractivity contribution in [3.05, 3.63) is 23.4 Å². The lowest BCUT2D eigenvalue weighted by Crippen LogP contribution is -2.44. The molecule has 0 bridgehead atoms. The van der Waals surface area contributed by atoms with E-state index in [9.17, 15) is 4.79 Å². The maximum absolute atomic E-state index is 11.1. The fraction of sp³-hybridized carbons (Fsp3) is 0.429. The summed E-state index contributed by atoms with van der Waals surface area (Å²) < 4.78 is 5.68. The molecule has 1 fully saturated rings. The minimum atomic E-state index is 0.00680. The van der Waals surface area contributed by atoms with Gasteiger partial charge in [-0.25, -0.2) is 4.98 Å². The number of nitrogens with zero attached hydrogens (tertiary/aromatic N) is 4. The Morgan fingerprint density at radius 2 is 2.14 bits per heavy atom. The van der Waals surface area contributed by atoms with Crippen molar-refractivity contribution in [2.45, 2.75) is 25.8 Å². The molecule has 0 saturated carbocycles. The molecule has 116 valence electrons. The van der Waals surface area contributed by atoms with Gasteiger partial charge < -0.3 is 14.6 Å². The quantitative estimate of drug-likeness (QED) is 0.929. The van der Waals surface area contributed by atoms with E-state index in [0.29, 0.717) is 22.6 Å². The highest BCUT2D eigenvalue weighted by atomic mass is 35.5. The van der Waals surface area contributed by atoms with Crippen molar-refractivity contribution in [1.29, 1.82) is 0 Å². The largest absolute Gasteiger partial charge is 0.402 e. The molecule has 8 heteroatoms. The zero-order chi connectivity index (χ0) is 15.5. The highest BCUT2D eigenvalue weighted by Gasteiger charge is 2.23. The summed E-state index contributed by atoms with van der Waals surface area (Å²) >= 11 is 5.81. The van der Waals surface area contributed by atoms with E-state index in [2.05, 4.69) is 20.5 Å². The van der Waals surface area contributed by atoms with Crippen LogP contribution >= 0.6 is 11.6 Å². The molecule has 1 amide bonds. The molecule has 0 unspecified atom stereocenters. The Kier molecular flexibility index (Phi) is 4.24. The lowest BCUT2D eigenvalue weighted by Gasteiger charge is -2.30. The monoisotopic (exact) mass is 321 g/mol. The number of nitrogens with one attached hydrogen (secondary N) is 1. The van der Waals surface area contributed by atoms with Crippen LogP contribution in [0.25, 0.3) is 11.6 Å². The molecular formula is C14H16ClN5O2. The van der Waals surface area contributed by atoms with E-state index >= 15 is 0 Å². The number of piperidine rings is 1. The second-order valence-corrected chi connectivity index (χ2v) is 5.65. The van der Waals surface area contributed by atoms with Crippen LogP contribution in [0.15, 0.2) is 22.7 Å². The van der Waals surface area contributed by atoms with Crippen LogP contribution < -0.4 is 10.2 Å². The first-order chi connectivity index (χ1) is 10.6. The van der Waals surface area contributed by atoms with E-state index in [1.807, 2.05) is 4.90 Å². The van der Waals surface area contributed by atoms with Crippen molar-refractivity contribution < 1.29 is 9.21 Å². The molecule has 0 atom stereocenters. The molecule has 2 aromatic rings. The van der Waals surface area contributed by atoms with Gasteiger partial charge >= 0.3 is 6.01 Å². The van der Waals surface area contributed by atoms with E-state index in [0.717, 1.165) is 25.9 Å². The smallest absolute Gasteiger partial charge is 0.318 e. The molecule has 2 aromatic heterocycles. The Bertz CT molecular complexity index is 650. The first-order valence-electron chi connectivity index (χ1n) is 7.09. The van der Waals surface area contributed by atoms with Gasteiger partial charge in [0.05, 0.1) is 5.02 Å². The van der Waals surface area contributed by atoms with Crippen LogP contribution in [0.2, 0.25) is 5.02 Å². The number of amides is 1. The van der Waals surface area contributed by atoms with Gasteiger partial charge in [0.25, 0.3) is 5.89 Å². The van der Waals surface area contributed by atoms with Crippen molar-refractivity contribution in [2.75, 3.05) is 18.0 Å². The molecule has 3 rings (SSSR count). The van der Waals surface area contributed by atoms with Crippen molar-refractivity contribution in [1.82, 2.24) is 20.5 Å². The van der Waals surface area contributed by atoms with Gasteiger partial charge in [0, 0.05) is 32.3 Å². The molecule has 1 aliphatic heterocycles. The second-order valence-electron chi connectivity index (χ2n) is 5.21. The molecule has 0 spiro atoms. The average molecular weight is 322 g/mol. The summed E-state index contributed by atoms with van der Waals surface area (Å²) in [5.41, 5.74) is 0.594. The maximum Gasteiger partial charge on any atom is 0.318 e. The molecule has 22 heavy (non-hydrogen) atoms. The van der Waals surface area contributed by atoms with E-state index in [1.165, 1.54) is 6.92 Å². The number of carbonyl (C=O) groups is 1. The van der Waals surface area contributed by atoms with Crippen LogP contribution in [0.3, 0.4) is 0 Å². The molecule has 0 radical (unpaired) electrons. The minimum Gasteiger partial charge on any atom is -0.402 e. The van der Waals surface area contributed by atoms with Crippen LogP contribution in [-0.2, 0) is 4.79 Å². The van der Waals surface area contributed by atoms with Gasteiger partial charge in [0.15, 0.2) is 0 Å². The summed E-state index contributed by atoms with van der Waals surface area (Å²) in [7, 11) is 0. The Morgan fingerprint density at radius 1 is 1.36 bits per heavy atom. The van der Waals surface area contributed by atoms with E-state index < -0.39 is 0 Å². The van der Waals surface area contributed by atoms with Gasteiger partial charge in [-0.1, -0.05) is 16.7 Å². The zero-order valence-corrected chi connectivity index (χ0v) is 12.9. The van der Waals surface area contributed by atoms with Crippen molar-refractivity contribution in [3.8, 4) is 11.6 Å². The Balaban J connectivity index is 1.65. The fourth-order valence-corrected chi connectivity index (χ4v) is 2.56. The SMILES string of the molecule is CC(=O)NC1CCN(c2nnc(-c3ccc(Cl)cn3)o2)CC1. The third-order valence-electron chi connectivity index (χ3n) is 3.53. The first kappa shape index (κ1) is 14.8. The van der Waals surface area contributed by atoms with Crippen LogP contribution in [0.1, 0.15) is 19.8 Å². The molecule has 0 aliphatic carbocycles. The highest BCUT2D eigenvalue weighted by Crippen LogP contribution is 2.23. The van der Waals surface area contributed by atoms with Crippen LogP contribution in [0.5, 0.6) is 0 Å². The van der Waals surface area contributed by atoms with Gasteiger partial charge in [-0.3, -0.25) is 4.79 Å². The molecule has 1 saturated heterocycles. The summed E-state index contributed by atoms with van der Waals surface area (Å²) in [6.07, 6.45) is 3.26. The third-order valence-corrected chi connectivity index (χ3v) is 3.76. The van der Waals surface area contributed by atoms with Gasteiger partial charge in [-0.05, 0) is 25.0 Å². The average Bonchev–Trinajstić information content (AvgIpc) is 2.98. The van der Waals surface area contributed by atoms with Crippen LogP contribution in [0.4, 0.5) is 6.01 Å². The molecule has 0 aromatic carbocycles. The normalized spacial score (nSPS) is 15.8. The van der Waals surface area contributed by atoms with Gasteiger partial charge in [0.1, 0.15) is 5.69 Å². The van der Waals surface area contributed by atoms with Crippen molar-refractivity contribution >= 4 is 23.5 Å². The number of carbonyl (C=O) groups excluding carboxylic acids is 1. The topological polar surface area (TPSA) is 84.2 Å². The predicted octanol–water partition coefficient (Wildman–Crippen LogP) is 1.89. The first-order valence-corrected chi connectivity index (χ1v) is 7.47. The Labute approximate surface area is 132 Å². The van der Waals surface area contributed by atoms with Gasteiger partial charge in [-0.15, -0.1) is 5.10 Å². The van der Waals surface area contributed by atoms with Crippen molar-refractivity contribution in [2.24, 2.45) is 0 Å². The zero-order valence-electron chi connectivity index (χ0n) is 12.1. The molecule has 1 aliphatic rings. The Morgan fingerprint density at radius 3 is 2.77 bits per heavy atom. The summed E-state index contributed by atoms with van der Waals surface area (Å²) in [6.45, 7) is 3.07. The predicted molar refractivity (Wildman–Crippen MR) is 81.6 cm³/mol. The number of rotatable bonds is 3. The van der Waals surface area contributed by atoms with E-state index in [4.69, 9.17) is 16.0 Å². The number of hydrogen-bond donors (Lipinski definition) is 1. The third kappa shape index (κ3) is 3.36. The number of aromatic nitrogens is 3. The maximum atomic E-state index is 11.1. The molecule has 1 N–H and O–H groups in total. The second kappa shape index (κ2) is 6.31. The Hall–Kier alpha value is -2.15. The fourth-order valence-electron chi connectivity index (χ4n) is 2.45. The van der Waals surface area contributed by atoms with Crippen LogP contribution in [-0.4, -0.2) is 40.2 Å². The molecule has 7 nitrogen and oxygen atoms in total. The summed E-state index contributed by atoms with van der Waals surface area (Å²) in [5, 5.41) is 11.6. The number of pyridine rings is 1. The van der Waals surface area contributed by atoms with Gasteiger partial charge in [-0.2, -0.15) is 0 Å². The lowest BCUT2D eigenvalue weighted by atomic mass is 10.1. The highest BCUT2D eigenvalue weighted by molar-refractivity contribution is 6.30.